The Kier molecular flexibility index (Phi) is 5.34. The van der Waals surface area contributed by atoms with Crippen molar-refractivity contribution in [1.82, 2.24) is 4.57 Å². The number of halogens is 2. The van der Waals surface area contributed by atoms with Crippen molar-refractivity contribution in [2.75, 3.05) is 0 Å². The fourth-order valence-electron chi connectivity index (χ4n) is 3.95. The number of hydrogen-bond donors (Lipinski definition) is 1. The number of hydrogen-bond acceptors (Lipinski definition) is 2. The minimum atomic E-state index is -0.753. The zero-order valence-electron chi connectivity index (χ0n) is 15.3. The van der Waals surface area contributed by atoms with Crippen molar-refractivity contribution in [2.45, 2.75) is 35.6 Å². The standard InChI is InChI=1S/C22H19BrClNO2S/c1-3-13-10-17(23)19-18(11-13)25-9-8-16(12(2)22(26)27)20(25)21(19)28-15-6-4-14(24)5-7-15/h3-7,10-12,16H,1,8-9H2,2H3,(H,26,27). The first-order valence-electron chi connectivity index (χ1n) is 9.05. The van der Waals surface area contributed by atoms with Crippen LogP contribution in [-0.2, 0) is 11.3 Å². The van der Waals surface area contributed by atoms with Gasteiger partial charge < -0.3 is 9.67 Å². The van der Waals surface area contributed by atoms with Gasteiger partial charge in [0, 0.05) is 42.8 Å². The van der Waals surface area contributed by atoms with Gasteiger partial charge in [0.05, 0.1) is 11.4 Å². The van der Waals surface area contributed by atoms with Crippen LogP contribution in [0, 0.1) is 5.92 Å². The fraction of sp³-hybridized carbons (Fsp3) is 0.227. The largest absolute Gasteiger partial charge is 0.481 e. The number of carbonyl (C=O) groups is 1. The fourth-order valence-corrected chi connectivity index (χ4v) is 6.06. The lowest BCUT2D eigenvalue weighted by atomic mass is 9.90. The molecule has 0 saturated carbocycles. The van der Waals surface area contributed by atoms with Gasteiger partial charge in [-0.05, 0) is 48.4 Å². The summed E-state index contributed by atoms with van der Waals surface area (Å²) in [4.78, 5) is 13.9. The van der Waals surface area contributed by atoms with Crippen LogP contribution in [0.25, 0.3) is 17.0 Å². The van der Waals surface area contributed by atoms with E-state index in [1.807, 2.05) is 30.3 Å². The summed E-state index contributed by atoms with van der Waals surface area (Å²) in [6.45, 7) is 6.52. The topological polar surface area (TPSA) is 42.2 Å². The number of benzene rings is 2. The number of fused-ring (bicyclic) bond motifs is 3. The van der Waals surface area contributed by atoms with Gasteiger partial charge in [0.1, 0.15) is 0 Å². The molecule has 1 aromatic heterocycles. The molecule has 144 valence electrons. The third-order valence-electron chi connectivity index (χ3n) is 5.41. The smallest absolute Gasteiger partial charge is 0.306 e. The molecule has 0 aliphatic carbocycles. The third-order valence-corrected chi connectivity index (χ3v) is 7.41. The summed E-state index contributed by atoms with van der Waals surface area (Å²) >= 11 is 11.5. The van der Waals surface area contributed by atoms with E-state index in [9.17, 15) is 9.90 Å². The second kappa shape index (κ2) is 7.62. The quantitative estimate of drug-likeness (QED) is 0.428. The SMILES string of the molecule is C=Cc1cc(Br)c2c(Sc3ccc(Cl)cc3)c3n(c2c1)CCC3C(C)C(=O)O. The van der Waals surface area contributed by atoms with Crippen molar-refractivity contribution >= 4 is 62.2 Å². The highest BCUT2D eigenvalue weighted by atomic mass is 79.9. The van der Waals surface area contributed by atoms with Gasteiger partial charge in [-0.15, -0.1) is 0 Å². The molecular weight excluding hydrogens is 458 g/mol. The van der Waals surface area contributed by atoms with E-state index in [2.05, 4.69) is 39.2 Å². The Morgan fingerprint density at radius 1 is 1.39 bits per heavy atom. The van der Waals surface area contributed by atoms with Crippen molar-refractivity contribution < 1.29 is 9.90 Å². The second-order valence-electron chi connectivity index (χ2n) is 7.05. The Bertz CT molecular complexity index is 1090. The minimum absolute atomic E-state index is 0.0150. The average Bonchev–Trinajstić information content (AvgIpc) is 3.22. The predicted octanol–water partition coefficient (Wildman–Crippen LogP) is 7.06. The monoisotopic (exact) mass is 475 g/mol. The molecule has 0 radical (unpaired) electrons. The maximum atomic E-state index is 11.7. The van der Waals surface area contributed by atoms with Crippen LogP contribution in [0.3, 0.4) is 0 Å². The van der Waals surface area contributed by atoms with E-state index in [1.165, 1.54) is 0 Å². The molecule has 0 saturated heterocycles. The Morgan fingerprint density at radius 2 is 2.11 bits per heavy atom. The predicted molar refractivity (Wildman–Crippen MR) is 119 cm³/mol. The highest BCUT2D eigenvalue weighted by Gasteiger charge is 2.36. The van der Waals surface area contributed by atoms with Crippen molar-refractivity contribution in [3.05, 3.63) is 63.7 Å². The third kappa shape index (κ3) is 3.30. The summed E-state index contributed by atoms with van der Waals surface area (Å²) < 4.78 is 3.29. The summed E-state index contributed by atoms with van der Waals surface area (Å²) in [7, 11) is 0. The minimum Gasteiger partial charge on any atom is -0.481 e. The summed E-state index contributed by atoms with van der Waals surface area (Å²) in [5.74, 6) is -1.21. The number of carboxylic acid groups (broad SMARTS) is 1. The zero-order chi connectivity index (χ0) is 20.0. The first-order valence-corrected chi connectivity index (χ1v) is 11.0. The molecule has 1 aliphatic heterocycles. The van der Waals surface area contributed by atoms with Crippen LogP contribution in [0.5, 0.6) is 0 Å². The molecule has 0 amide bonds. The summed E-state index contributed by atoms with van der Waals surface area (Å²) in [5.41, 5.74) is 3.28. The van der Waals surface area contributed by atoms with Gasteiger partial charge in [-0.1, -0.05) is 58.9 Å². The first-order chi connectivity index (χ1) is 13.4. The molecular formula is C22H19BrClNO2S. The van der Waals surface area contributed by atoms with Crippen LogP contribution in [0.1, 0.15) is 30.5 Å². The molecule has 2 heterocycles. The molecule has 0 spiro atoms. The Hall–Kier alpha value is -1.69. The highest BCUT2D eigenvalue weighted by Crippen LogP contribution is 2.50. The highest BCUT2D eigenvalue weighted by molar-refractivity contribution is 9.10. The van der Waals surface area contributed by atoms with Gasteiger partial charge in [-0.2, -0.15) is 0 Å². The first kappa shape index (κ1) is 19.6. The van der Waals surface area contributed by atoms with Crippen molar-refractivity contribution in [1.29, 1.82) is 0 Å². The molecule has 1 aliphatic rings. The molecule has 3 nitrogen and oxygen atoms in total. The Morgan fingerprint density at radius 3 is 2.75 bits per heavy atom. The molecule has 2 atom stereocenters. The molecule has 0 bridgehead atoms. The van der Waals surface area contributed by atoms with E-state index >= 15 is 0 Å². The number of aliphatic carboxylic acids is 1. The van der Waals surface area contributed by atoms with E-state index < -0.39 is 11.9 Å². The lowest BCUT2D eigenvalue weighted by Crippen LogP contribution is -2.17. The van der Waals surface area contributed by atoms with E-state index in [0.29, 0.717) is 5.02 Å². The number of aromatic nitrogens is 1. The maximum Gasteiger partial charge on any atom is 0.306 e. The molecule has 2 aromatic carbocycles. The number of carboxylic acids is 1. The van der Waals surface area contributed by atoms with E-state index in [4.69, 9.17) is 11.6 Å². The molecule has 4 rings (SSSR count). The van der Waals surface area contributed by atoms with Crippen molar-refractivity contribution in [3.8, 4) is 0 Å². The van der Waals surface area contributed by atoms with Gasteiger partial charge in [0.15, 0.2) is 0 Å². The molecule has 3 aromatic rings. The summed E-state index contributed by atoms with van der Waals surface area (Å²) in [6, 6.07) is 12.0. The van der Waals surface area contributed by atoms with Gasteiger partial charge in [0.2, 0.25) is 0 Å². The van der Waals surface area contributed by atoms with Gasteiger partial charge in [-0.3, -0.25) is 4.79 Å². The molecule has 0 fully saturated rings. The molecule has 6 heteroatoms. The van der Waals surface area contributed by atoms with Crippen LogP contribution >= 0.6 is 39.3 Å². The van der Waals surface area contributed by atoms with Crippen LogP contribution in [0.2, 0.25) is 5.02 Å². The van der Waals surface area contributed by atoms with Crippen LogP contribution in [0.4, 0.5) is 0 Å². The average molecular weight is 477 g/mol. The van der Waals surface area contributed by atoms with E-state index in [1.54, 1.807) is 18.7 Å². The Labute approximate surface area is 181 Å². The lowest BCUT2D eigenvalue weighted by Gasteiger charge is -2.16. The zero-order valence-corrected chi connectivity index (χ0v) is 18.4. The molecule has 1 N–H and O–H groups in total. The van der Waals surface area contributed by atoms with Gasteiger partial charge in [-0.25, -0.2) is 0 Å². The summed E-state index contributed by atoms with van der Waals surface area (Å²) in [5, 5.41) is 11.5. The number of aryl methyl sites for hydroxylation is 1. The number of nitrogens with zero attached hydrogens (tertiary/aromatic N) is 1. The van der Waals surface area contributed by atoms with Gasteiger partial charge >= 0.3 is 5.97 Å². The normalized spacial score (nSPS) is 16.9. The van der Waals surface area contributed by atoms with E-state index in [0.717, 1.165) is 49.4 Å². The molecule has 2 unspecified atom stereocenters. The van der Waals surface area contributed by atoms with Crippen molar-refractivity contribution in [2.24, 2.45) is 5.92 Å². The molecule has 28 heavy (non-hydrogen) atoms. The van der Waals surface area contributed by atoms with E-state index in [-0.39, 0.29) is 5.92 Å². The van der Waals surface area contributed by atoms with Crippen LogP contribution < -0.4 is 0 Å². The van der Waals surface area contributed by atoms with Crippen molar-refractivity contribution in [3.63, 3.8) is 0 Å². The summed E-state index contributed by atoms with van der Waals surface area (Å²) in [6.07, 6.45) is 2.67. The number of rotatable bonds is 5. The maximum absolute atomic E-state index is 11.7. The van der Waals surface area contributed by atoms with Crippen LogP contribution in [0.15, 0.2) is 57.2 Å². The van der Waals surface area contributed by atoms with Crippen LogP contribution in [-0.4, -0.2) is 15.6 Å². The Balaban J connectivity index is 1.95. The lowest BCUT2D eigenvalue weighted by molar-refractivity contribution is -0.141. The van der Waals surface area contributed by atoms with Gasteiger partial charge in [0.25, 0.3) is 0 Å². The second-order valence-corrected chi connectivity index (χ2v) is 9.42.